The number of ether oxygens (including phenoxy) is 2. The molecular formula is C12H18FNO4. The normalized spacial score (nSPS) is 14.3. The van der Waals surface area contributed by atoms with Crippen molar-refractivity contribution in [3.05, 3.63) is 29.6 Å². The van der Waals surface area contributed by atoms with Crippen LogP contribution in [0, 0.1) is 5.82 Å². The molecule has 0 aliphatic carbocycles. The number of aliphatic hydroxyl groups is 2. The second-order valence-corrected chi connectivity index (χ2v) is 3.82. The van der Waals surface area contributed by atoms with Gasteiger partial charge in [-0.2, -0.15) is 0 Å². The molecule has 0 fully saturated rings. The van der Waals surface area contributed by atoms with E-state index in [4.69, 9.17) is 10.5 Å². The van der Waals surface area contributed by atoms with E-state index in [-0.39, 0.29) is 25.3 Å². The number of rotatable bonds is 7. The molecule has 18 heavy (non-hydrogen) atoms. The molecule has 0 spiro atoms. The Labute approximate surface area is 105 Å². The Balaban J connectivity index is 2.78. The van der Waals surface area contributed by atoms with Crippen molar-refractivity contribution in [1.29, 1.82) is 0 Å². The molecule has 0 saturated heterocycles. The van der Waals surface area contributed by atoms with Crippen LogP contribution in [0.3, 0.4) is 0 Å². The van der Waals surface area contributed by atoms with Gasteiger partial charge in [0.15, 0.2) is 6.79 Å². The lowest BCUT2D eigenvalue weighted by Crippen LogP contribution is -2.22. The Kier molecular flexibility index (Phi) is 6.00. The molecule has 2 unspecified atom stereocenters. The highest BCUT2D eigenvalue weighted by Crippen LogP contribution is 2.25. The van der Waals surface area contributed by atoms with Crippen LogP contribution in [0.1, 0.15) is 18.1 Å². The molecule has 0 aliphatic heterocycles. The Hall–Kier alpha value is -1.21. The molecule has 0 saturated carbocycles. The SMILES string of the molecule is COCOc1ccc(C(O)C(O)CCN)c(F)c1. The van der Waals surface area contributed by atoms with Gasteiger partial charge in [-0.05, 0) is 25.1 Å². The lowest BCUT2D eigenvalue weighted by Gasteiger charge is -2.18. The van der Waals surface area contributed by atoms with Crippen LogP contribution in [-0.4, -0.2) is 36.8 Å². The topological polar surface area (TPSA) is 84.9 Å². The zero-order valence-corrected chi connectivity index (χ0v) is 10.2. The highest BCUT2D eigenvalue weighted by Gasteiger charge is 2.21. The van der Waals surface area contributed by atoms with Gasteiger partial charge < -0.3 is 25.4 Å². The van der Waals surface area contributed by atoms with E-state index < -0.39 is 18.0 Å². The van der Waals surface area contributed by atoms with Crippen molar-refractivity contribution < 1.29 is 24.1 Å². The monoisotopic (exact) mass is 259 g/mol. The lowest BCUT2D eigenvalue weighted by atomic mass is 10.0. The van der Waals surface area contributed by atoms with Crippen LogP contribution in [0.2, 0.25) is 0 Å². The largest absolute Gasteiger partial charge is 0.467 e. The van der Waals surface area contributed by atoms with Gasteiger partial charge in [0.25, 0.3) is 0 Å². The van der Waals surface area contributed by atoms with Crippen LogP contribution < -0.4 is 10.5 Å². The molecule has 5 nitrogen and oxygen atoms in total. The number of hydrogen-bond acceptors (Lipinski definition) is 5. The molecule has 1 aromatic carbocycles. The third-order valence-electron chi connectivity index (χ3n) is 2.46. The average molecular weight is 259 g/mol. The fourth-order valence-electron chi connectivity index (χ4n) is 1.50. The fourth-order valence-corrected chi connectivity index (χ4v) is 1.50. The molecule has 0 aromatic heterocycles. The molecule has 0 radical (unpaired) electrons. The maximum absolute atomic E-state index is 13.7. The van der Waals surface area contributed by atoms with Crippen molar-refractivity contribution in [3.8, 4) is 5.75 Å². The summed E-state index contributed by atoms with van der Waals surface area (Å²) in [6.07, 6.45) is -2.19. The maximum atomic E-state index is 13.7. The predicted octanol–water partition coefficient (Wildman–Crippen LogP) is 0.551. The maximum Gasteiger partial charge on any atom is 0.188 e. The van der Waals surface area contributed by atoms with Gasteiger partial charge >= 0.3 is 0 Å². The third-order valence-corrected chi connectivity index (χ3v) is 2.46. The van der Waals surface area contributed by atoms with Crippen LogP contribution in [-0.2, 0) is 4.74 Å². The first-order valence-electron chi connectivity index (χ1n) is 5.57. The van der Waals surface area contributed by atoms with Crippen LogP contribution in [0.25, 0.3) is 0 Å². The summed E-state index contributed by atoms with van der Waals surface area (Å²) in [7, 11) is 1.46. The molecule has 0 bridgehead atoms. The summed E-state index contributed by atoms with van der Waals surface area (Å²) in [6.45, 7) is 0.228. The summed E-state index contributed by atoms with van der Waals surface area (Å²) in [4.78, 5) is 0. The number of halogens is 1. The van der Waals surface area contributed by atoms with E-state index >= 15 is 0 Å². The van der Waals surface area contributed by atoms with Gasteiger partial charge in [-0.1, -0.05) is 0 Å². The zero-order chi connectivity index (χ0) is 13.5. The summed E-state index contributed by atoms with van der Waals surface area (Å²) in [5.74, 6) is -0.356. The summed E-state index contributed by atoms with van der Waals surface area (Å²) in [5, 5.41) is 19.3. The first-order chi connectivity index (χ1) is 8.60. The highest BCUT2D eigenvalue weighted by atomic mass is 19.1. The standard InChI is InChI=1S/C12H18FNO4/c1-17-7-18-8-2-3-9(10(13)6-8)12(16)11(15)4-5-14/h2-3,6,11-12,15-16H,4-5,7,14H2,1H3. The van der Waals surface area contributed by atoms with E-state index in [2.05, 4.69) is 4.74 Å². The molecule has 0 heterocycles. The molecule has 6 heteroatoms. The van der Waals surface area contributed by atoms with Gasteiger partial charge in [0.2, 0.25) is 0 Å². The minimum Gasteiger partial charge on any atom is -0.467 e. The van der Waals surface area contributed by atoms with Crippen LogP contribution in [0.15, 0.2) is 18.2 Å². The van der Waals surface area contributed by atoms with Crippen molar-refractivity contribution >= 4 is 0 Å². The molecule has 1 rings (SSSR count). The van der Waals surface area contributed by atoms with Crippen LogP contribution in [0.5, 0.6) is 5.75 Å². The highest BCUT2D eigenvalue weighted by molar-refractivity contribution is 5.30. The van der Waals surface area contributed by atoms with Gasteiger partial charge in [0.05, 0.1) is 6.10 Å². The van der Waals surface area contributed by atoms with Crippen molar-refractivity contribution in [3.63, 3.8) is 0 Å². The molecule has 2 atom stereocenters. The van der Waals surface area contributed by atoms with Gasteiger partial charge in [-0.3, -0.25) is 0 Å². The Morgan fingerprint density at radius 2 is 2.11 bits per heavy atom. The van der Waals surface area contributed by atoms with E-state index in [0.29, 0.717) is 5.75 Å². The number of aliphatic hydroxyl groups excluding tert-OH is 2. The van der Waals surface area contributed by atoms with Crippen LogP contribution in [0.4, 0.5) is 4.39 Å². The quantitative estimate of drug-likeness (QED) is 0.623. The lowest BCUT2D eigenvalue weighted by molar-refractivity contribution is 0.0127. The average Bonchev–Trinajstić information content (AvgIpc) is 2.36. The van der Waals surface area contributed by atoms with Crippen molar-refractivity contribution in [2.24, 2.45) is 5.73 Å². The van der Waals surface area contributed by atoms with Gasteiger partial charge in [-0.15, -0.1) is 0 Å². The van der Waals surface area contributed by atoms with Crippen molar-refractivity contribution in [2.75, 3.05) is 20.4 Å². The smallest absolute Gasteiger partial charge is 0.188 e. The second-order valence-electron chi connectivity index (χ2n) is 3.82. The number of nitrogens with two attached hydrogens (primary N) is 1. The fraction of sp³-hybridized carbons (Fsp3) is 0.500. The molecular weight excluding hydrogens is 241 g/mol. The van der Waals surface area contributed by atoms with E-state index in [1.54, 1.807) is 0 Å². The Bertz CT molecular complexity index is 375. The van der Waals surface area contributed by atoms with Gasteiger partial charge in [0, 0.05) is 18.7 Å². The first-order valence-corrected chi connectivity index (χ1v) is 5.57. The molecule has 0 aliphatic rings. The minimum absolute atomic E-state index is 0.0111. The van der Waals surface area contributed by atoms with E-state index in [1.165, 1.54) is 19.2 Å². The summed E-state index contributed by atoms with van der Waals surface area (Å²) < 4.78 is 23.4. The summed E-state index contributed by atoms with van der Waals surface area (Å²) >= 11 is 0. The summed E-state index contributed by atoms with van der Waals surface area (Å²) in [5.41, 5.74) is 5.28. The predicted molar refractivity (Wildman–Crippen MR) is 63.5 cm³/mol. The Morgan fingerprint density at radius 3 is 2.67 bits per heavy atom. The van der Waals surface area contributed by atoms with E-state index in [1.807, 2.05) is 0 Å². The minimum atomic E-state index is -1.30. The number of hydrogen-bond donors (Lipinski definition) is 3. The number of methoxy groups -OCH3 is 1. The molecule has 102 valence electrons. The molecule has 1 aromatic rings. The third kappa shape index (κ3) is 3.92. The first kappa shape index (κ1) is 14.8. The number of benzene rings is 1. The molecule has 0 amide bonds. The van der Waals surface area contributed by atoms with Gasteiger partial charge in [0.1, 0.15) is 17.7 Å². The van der Waals surface area contributed by atoms with Crippen molar-refractivity contribution in [1.82, 2.24) is 0 Å². The van der Waals surface area contributed by atoms with E-state index in [0.717, 1.165) is 6.07 Å². The van der Waals surface area contributed by atoms with Crippen molar-refractivity contribution in [2.45, 2.75) is 18.6 Å². The summed E-state index contributed by atoms with van der Waals surface area (Å²) in [6, 6.07) is 3.99. The van der Waals surface area contributed by atoms with Crippen LogP contribution >= 0.6 is 0 Å². The zero-order valence-electron chi connectivity index (χ0n) is 10.2. The van der Waals surface area contributed by atoms with Gasteiger partial charge in [-0.25, -0.2) is 4.39 Å². The van der Waals surface area contributed by atoms with E-state index in [9.17, 15) is 14.6 Å². The Morgan fingerprint density at radius 1 is 1.39 bits per heavy atom. The molecule has 4 N–H and O–H groups in total. The second kappa shape index (κ2) is 7.27.